The van der Waals surface area contributed by atoms with Crippen molar-refractivity contribution in [2.45, 2.75) is 13.0 Å². The number of ether oxygens (including phenoxy) is 2. The van der Waals surface area contributed by atoms with Crippen molar-refractivity contribution in [3.63, 3.8) is 0 Å². The molecule has 0 bridgehead atoms. The van der Waals surface area contributed by atoms with Gasteiger partial charge in [-0.2, -0.15) is 0 Å². The molecule has 0 aromatic heterocycles. The van der Waals surface area contributed by atoms with Gasteiger partial charge in [-0.05, 0) is 23.8 Å². The maximum Gasteiger partial charge on any atom is 0.292 e. The van der Waals surface area contributed by atoms with Crippen LogP contribution >= 0.6 is 0 Å². The van der Waals surface area contributed by atoms with E-state index in [2.05, 4.69) is 10.6 Å². The van der Waals surface area contributed by atoms with Crippen LogP contribution in [-0.2, 0) is 16.1 Å². The summed E-state index contributed by atoms with van der Waals surface area (Å²) >= 11 is 0. The second-order valence-corrected chi connectivity index (χ2v) is 5.72. The van der Waals surface area contributed by atoms with E-state index >= 15 is 0 Å². The number of nitrogens with one attached hydrogen (secondary N) is 2. The van der Waals surface area contributed by atoms with E-state index in [1.807, 2.05) is 24.3 Å². The van der Waals surface area contributed by atoms with Gasteiger partial charge in [0.2, 0.25) is 5.91 Å². The number of nitrogens with zero attached hydrogens (tertiary/aromatic N) is 1. The number of rotatable bonds is 11. The average Bonchev–Trinajstić information content (AvgIpc) is 2.67. The van der Waals surface area contributed by atoms with E-state index in [1.54, 1.807) is 25.3 Å². The summed E-state index contributed by atoms with van der Waals surface area (Å²) in [7, 11) is 1.61. The van der Waals surface area contributed by atoms with Crippen molar-refractivity contribution in [2.75, 3.05) is 32.2 Å². The minimum Gasteiger partial charge on any atom is -0.491 e. The fourth-order valence-corrected chi connectivity index (χ4v) is 2.37. The molecule has 0 radical (unpaired) electrons. The number of carbonyl (C=O) groups excluding carboxylic acids is 1. The molecule has 0 fully saturated rings. The molecular weight excluding hydrogens is 350 g/mol. The Kier molecular flexibility index (Phi) is 8.05. The van der Waals surface area contributed by atoms with Gasteiger partial charge in [-0.1, -0.05) is 24.3 Å². The Hall–Kier alpha value is -3.13. The number of anilines is 1. The van der Waals surface area contributed by atoms with Gasteiger partial charge in [0.25, 0.3) is 5.69 Å². The van der Waals surface area contributed by atoms with Crippen LogP contribution in [0.15, 0.2) is 48.5 Å². The molecular formula is C19H23N3O5. The number of nitro groups is 1. The van der Waals surface area contributed by atoms with Gasteiger partial charge in [0.05, 0.1) is 11.5 Å². The lowest BCUT2D eigenvalue weighted by atomic mass is 10.2. The number of hydrogen-bond donors (Lipinski definition) is 2. The molecule has 0 aliphatic heterocycles. The second-order valence-electron chi connectivity index (χ2n) is 5.72. The first kappa shape index (κ1) is 20.2. The lowest BCUT2D eigenvalue weighted by Gasteiger charge is -2.10. The van der Waals surface area contributed by atoms with E-state index in [4.69, 9.17) is 9.47 Å². The molecule has 1 amide bonds. The largest absolute Gasteiger partial charge is 0.491 e. The quantitative estimate of drug-likeness (QED) is 0.357. The van der Waals surface area contributed by atoms with E-state index in [-0.39, 0.29) is 18.0 Å². The van der Waals surface area contributed by atoms with E-state index in [1.165, 1.54) is 6.07 Å². The number of amides is 1. The molecule has 2 aromatic carbocycles. The number of carbonyl (C=O) groups is 1. The molecule has 0 saturated carbocycles. The molecule has 0 heterocycles. The predicted molar refractivity (Wildman–Crippen MR) is 102 cm³/mol. The second kappa shape index (κ2) is 10.8. The van der Waals surface area contributed by atoms with Gasteiger partial charge >= 0.3 is 0 Å². The predicted octanol–water partition coefficient (Wildman–Crippen LogP) is 2.74. The van der Waals surface area contributed by atoms with Crippen LogP contribution in [0.2, 0.25) is 0 Å². The first-order chi connectivity index (χ1) is 13.1. The normalized spacial score (nSPS) is 10.3. The van der Waals surface area contributed by atoms with Gasteiger partial charge in [-0.3, -0.25) is 14.9 Å². The van der Waals surface area contributed by atoms with E-state index in [0.29, 0.717) is 32.0 Å². The summed E-state index contributed by atoms with van der Waals surface area (Å²) in [5, 5.41) is 16.7. The van der Waals surface area contributed by atoms with Crippen LogP contribution in [0.4, 0.5) is 11.4 Å². The SMILES string of the molecule is COCCOc1cccc(CNC(=O)CCNc2ccccc2[N+](=O)[O-])c1. The third-order valence-electron chi connectivity index (χ3n) is 3.71. The Morgan fingerprint density at radius 2 is 1.96 bits per heavy atom. The Balaban J connectivity index is 1.75. The highest BCUT2D eigenvalue weighted by molar-refractivity contribution is 5.76. The minimum absolute atomic E-state index is 0.0109. The van der Waals surface area contributed by atoms with Crippen LogP contribution in [0.1, 0.15) is 12.0 Å². The van der Waals surface area contributed by atoms with Crippen molar-refractivity contribution in [3.8, 4) is 5.75 Å². The van der Waals surface area contributed by atoms with E-state index in [9.17, 15) is 14.9 Å². The molecule has 0 aliphatic carbocycles. The van der Waals surface area contributed by atoms with Crippen LogP contribution in [-0.4, -0.2) is 37.7 Å². The van der Waals surface area contributed by atoms with Crippen molar-refractivity contribution in [2.24, 2.45) is 0 Å². The topological polar surface area (TPSA) is 103 Å². The standard InChI is InChI=1S/C19H23N3O5/c1-26-11-12-27-16-6-4-5-15(13-16)14-21-19(23)9-10-20-17-7-2-3-8-18(17)22(24)25/h2-8,13,20H,9-12,14H2,1H3,(H,21,23). The summed E-state index contributed by atoms with van der Waals surface area (Å²) in [5.41, 5.74) is 1.31. The average molecular weight is 373 g/mol. The number of methoxy groups -OCH3 is 1. The van der Waals surface area contributed by atoms with Gasteiger partial charge in [-0.15, -0.1) is 0 Å². The van der Waals surface area contributed by atoms with Gasteiger partial charge < -0.3 is 20.1 Å². The van der Waals surface area contributed by atoms with Gasteiger partial charge in [0.1, 0.15) is 18.0 Å². The lowest BCUT2D eigenvalue weighted by Crippen LogP contribution is -2.25. The smallest absolute Gasteiger partial charge is 0.292 e. The summed E-state index contributed by atoms with van der Waals surface area (Å²) < 4.78 is 10.5. The van der Waals surface area contributed by atoms with Gasteiger partial charge in [0, 0.05) is 32.7 Å². The minimum atomic E-state index is -0.454. The summed E-state index contributed by atoms with van der Waals surface area (Å²) in [5.74, 6) is 0.573. The van der Waals surface area contributed by atoms with Crippen LogP contribution in [0.25, 0.3) is 0 Å². The molecule has 27 heavy (non-hydrogen) atoms. The van der Waals surface area contributed by atoms with E-state index < -0.39 is 4.92 Å². The molecule has 0 spiro atoms. The number of para-hydroxylation sites is 2. The first-order valence-electron chi connectivity index (χ1n) is 8.55. The third-order valence-corrected chi connectivity index (χ3v) is 3.71. The fourth-order valence-electron chi connectivity index (χ4n) is 2.37. The van der Waals surface area contributed by atoms with Crippen molar-refractivity contribution < 1.29 is 19.2 Å². The zero-order valence-corrected chi connectivity index (χ0v) is 15.1. The van der Waals surface area contributed by atoms with Gasteiger partial charge in [0.15, 0.2) is 0 Å². The van der Waals surface area contributed by atoms with Crippen LogP contribution in [0, 0.1) is 10.1 Å². The Bertz CT molecular complexity index is 767. The summed E-state index contributed by atoms with van der Waals surface area (Å²) in [6, 6.07) is 13.8. The summed E-state index contributed by atoms with van der Waals surface area (Å²) in [4.78, 5) is 22.5. The first-order valence-corrected chi connectivity index (χ1v) is 8.55. The highest BCUT2D eigenvalue weighted by atomic mass is 16.6. The molecule has 0 aliphatic rings. The van der Waals surface area contributed by atoms with Crippen LogP contribution < -0.4 is 15.4 Å². The summed E-state index contributed by atoms with van der Waals surface area (Å²) in [6.45, 7) is 1.65. The highest BCUT2D eigenvalue weighted by Crippen LogP contribution is 2.22. The van der Waals surface area contributed by atoms with E-state index in [0.717, 1.165) is 11.3 Å². The Morgan fingerprint density at radius 3 is 2.74 bits per heavy atom. The molecule has 0 saturated heterocycles. The Labute approximate surface area is 157 Å². The molecule has 0 atom stereocenters. The third kappa shape index (κ3) is 6.95. The zero-order chi connectivity index (χ0) is 19.5. The van der Waals surface area contributed by atoms with Gasteiger partial charge in [-0.25, -0.2) is 0 Å². The van der Waals surface area contributed by atoms with Crippen LogP contribution in [0.5, 0.6) is 5.75 Å². The monoisotopic (exact) mass is 373 g/mol. The Morgan fingerprint density at radius 1 is 1.15 bits per heavy atom. The highest BCUT2D eigenvalue weighted by Gasteiger charge is 2.12. The molecule has 2 N–H and O–H groups in total. The molecule has 2 aromatic rings. The van der Waals surface area contributed by atoms with Crippen molar-refractivity contribution in [1.82, 2.24) is 5.32 Å². The molecule has 0 unspecified atom stereocenters. The van der Waals surface area contributed by atoms with Crippen molar-refractivity contribution in [3.05, 3.63) is 64.2 Å². The maximum atomic E-state index is 12.0. The van der Waals surface area contributed by atoms with Crippen molar-refractivity contribution in [1.29, 1.82) is 0 Å². The maximum absolute atomic E-state index is 12.0. The molecule has 8 nitrogen and oxygen atoms in total. The number of benzene rings is 2. The van der Waals surface area contributed by atoms with Crippen LogP contribution in [0.3, 0.4) is 0 Å². The fraction of sp³-hybridized carbons (Fsp3) is 0.316. The number of hydrogen-bond acceptors (Lipinski definition) is 6. The number of nitro benzene ring substituents is 1. The zero-order valence-electron chi connectivity index (χ0n) is 15.1. The summed E-state index contributed by atoms with van der Waals surface area (Å²) in [6.07, 6.45) is 0.204. The molecule has 2 rings (SSSR count). The van der Waals surface area contributed by atoms with Crippen molar-refractivity contribution >= 4 is 17.3 Å². The molecule has 144 valence electrons. The molecule has 8 heteroatoms. The lowest BCUT2D eigenvalue weighted by molar-refractivity contribution is -0.384.